The molecule has 0 aliphatic carbocycles. The van der Waals surface area contributed by atoms with Crippen LogP contribution in [0.2, 0.25) is 0 Å². The summed E-state index contributed by atoms with van der Waals surface area (Å²) in [5.74, 6) is -0.305. The Kier molecular flexibility index (Phi) is 7.88. The molecule has 1 atom stereocenters. The van der Waals surface area contributed by atoms with Crippen LogP contribution in [0.25, 0.3) is 0 Å². The number of ether oxygens (including phenoxy) is 1. The second-order valence-electron chi connectivity index (χ2n) is 8.44. The highest BCUT2D eigenvalue weighted by atomic mass is 16.5. The normalized spacial score (nSPS) is 15.6. The summed E-state index contributed by atoms with van der Waals surface area (Å²) >= 11 is 0. The van der Waals surface area contributed by atoms with Crippen molar-refractivity contribution < 1.29 is 14.3 Å². The zero-order valence-corrected chi connectivity index (χ0v) is 18.8. The molecule has 0 spiro atoms. The van der Waals surface area contributed by atoms with Crippen molar-refractivity contribution in [3.05, 3.63) is 107 Å². The Balaban J connectivity index is 1.25. The third-order valence-electron chi connectivity index (χ3n) is 6.04. The van der Waals surface area contributed by atoms with Crippen LogP contribution < -0.4 is 5.32 Å². The second kappa shape index (κ2) is 11.4. The molecule has 3 aromatic rings. The summed E-state index contributed by atoms with van der Waals surface area (Å²) < 4.78 is 5.88. The van der Waals surface area contributed by atoms with Crippen LogP contribution in [-0.4, -0.2) is 29.8 Å². The third kappa shape index (κ3) is 6.53. The van der Waals surface area contributed by atoms with E-state index in [1.54, 1.807) is 0 Å². The van der Waals surface area contributed by atoms with Crippen molar-refractivity contribution in [3.63, 3.8) is 0 Å². The Morgan fingerprint density at radius 3 is 2.21 bits per heavy atom. The van der Waals surface area contributed by atoms with E-state index in [9.17, 15) is 9.59 Å². The molecule has 1 N–H and O–H groups in total. The second-order valence-corrected chi connectivity index (χ2v) is 8.44. The molecule has 5 nitrogen and oxygen atoms in total. The van der Waals surface area contributed by atoms with Gasteiger partial charge in [0.2, 0.25) is 11.8 Å². The number of likely N-dealkylation sites (tertiary alicyclic amines) is 1. The van der Waals surface area contributed by atoms with Gasteiger partial charge in [0, 0.05) is 26.1 Å². The van der Waals surface area contributed by atoms with Gasteiger partial charge >= 0.3 is 0 Å². The molecule has 0 bridgehead atoms. The first kappa shape index (κ1) is 22.7. The summed E-state index contributed by atoms with van der Waals surface area (Å²) in [7, 11) is 0. The van der Waals surface area contributed by atoms with Crippen LogP contribution in [0.15, 0.2) is 84.9 Å². The van der Waals surface area contributed by atoms with Crippen molar-refractivity contribution in [2.75, 3.05) is 13.1 Å². The number of benzene rings is 3. The predicted molar refractivity (Wildman–Crippen MR) is 128 cm³/mol. The van der Waals surface area contributed by atoms with Gasteiger partial charge in [0.15, 0.2) is 0 Å². The van der Waals surface area contributed by atoms with Gasteiger partial charge in [0.05, 0.1) is 19.1 Å². The SMILES string of the molecule is O=C(NCc1ccccc1COCc1ccccc1)C1CC(=O)N(CCc2ccccc2)C1. The lowest BCUT2D eigenvalue weighted by molar-refractivity contribution is -0.129. The highest BCUT2D eigenvalue weighted by molar-refractivity contribution is 5.89. The number of carbonyl (C=O) groups is 2. The van der Waals surface area contributed by atoms with Gasteiger partial charge in [-0.2, -0.15) is 0 Å². The number of carbonyl (C=O) groups excluding carboxylic acids is 2. The van der Waals surface area contributed by atoms with E-state index in [-0.39, 0.29) is 24.2 Å². The van der Waals surface area contributed by atoms with Gasteiger partial charge in [0.1, 0.15) is 0 Å². The molecule has 0 radical (unpaired) electrons. The van der Waals surface area contributed by atoms with Crippen molar-refractivity contribution in [1.29, 1.82) is 0 Å². The van der Waals surface area contributed by atoms with Crippen LogP contribution in [0.4, 0.5) is 0 Å². The quantitative estimate of drug-likeness (QED) is 0.514. The molecule has 33 heavy (non-hydrogen) atoms. The van der Waals surface area contributed by atoms with Gasteiger partial charge in [-0.05, 0) is 28.7 Å². The molecule has 5 heteroatoms. The largest absolute Gasteiger partial charge is 0.372 e. The van der Waals surface area contributed by atoms with Crippen LogP contribution in [0.1, 0.15) is 28.7 Å². The van der Waals surface area contributed by atoms with Crippen molar-refractivity contribution in [2.24, 2.45) is 5.92 Å². The maximum absolute atomic E-state index is 12.8. The van der Waals surface area contributed by atoms with E-state index in [1.807, 2.05) is 77.7 Å². The molecule has 2 amide bonds. The molecule has 0 saturated carbocycles. The topological polar surface area (TPSA) is 58.6 Å². The van der Waals surface area contributed by atoms with E-state index >= 15 is 0 Å². The number of amides is 2. The van der Waals surface area contributed by atoms with Crippen LogP contribution in [0.5, 0.6) is 0 Å². The average Bonchev–Trinajstić information content (AvgIpc) is 3.24. The van der Waals surface area contributed by atoms with Crippen molar-refractivity contribution in [3.8, 4) is 0 Å². The van der Waals surface area contributed by atoms with E-state index < -0.39 is 0 Å². The van der Waals surface area contributed by atoms with E-state index in [4.69, 9.17) is 4.74 Å². The minimum absolute atomic E-state index is 0.0563. The molecule has 3 aromatic carbocycles. The van der Waals surface area contributed by atoms with Crippen LogP contribution in [0, 0.1) is 5.92 Å². The molecule has 4 rings (SSSR count). The van der Waals surface area contributed by atoms with E-state index in [0.29, 0.717) is 32.8 Å². The van der Waals surface area contributed by atoms with Crippen molar-refractivity contribution in [1.82, 2.24) is 10.2 Å². The van der Waals surface area contributed by atoms with Crippen LogP contribution in [-0.2, 0) is 40.5 Å². The summed E-state index contributed by atoms with van der Waals surface area (Å²) in [5.41, 5.74) is 4.42. The number of nitrogens with one attached hydrogen (secondary N) is 1. The molecular weight excluding hydrogens is 412 g/mol. The molecule has 1 fully saturated rings. The molecule has 1 aliphatic rings. The van der Waals surface area contributed by atoms with E-state index in [2.05, 4.69) is 17.4 Å². The predicted octanol–water partition coefficient (Wildman–Crippen LogP) is 4.11. The first-order chi connectivity index (χ1) is 16.2. The summed E-state index contributed by atoms with van der Waals surface area (Å²) in [6.45, 7) is 2.59. The van der Waals surface area contributed by atoms with Crippen molar-refractivity contribution >= 4 is 11.8 Å². The maximum Gasteiger partial charge on any atom is 0.225 e. The standard InChI is InChI=1S/C28H30N2O3/c31-27-17-26(19-30(27)16-15-22-9-3-1-4-10-22)28(32)29-18-24-13-7-8-14-25(24)21-33-20-23-11-5-2-6-12-23/h1-14,26H,15-21H2,(H,29,32). The molecule has 1 unspecified atom stereocenters. The van der Waals surface area contributed by atoms with E-state index in [0.717, 1.165) is 23.1 Å². The Hall–Kier alpha value is -3.44. The van der Waals surface area contributed by atoms with Gasteiger partial charge in [-0.1, -0.05) is 84.9 Å². The number of hydrogen-bond acceptors (Lipinski definition) is 3. The molecular formula is C28H30N2O3. The lowest BCUT2D eigenvalue weighted by Crippen LogP contribution is -2.33. The smallest absolute Gasteiger partial charge is 0.225 e. The van der Waals surface area contributed by atoms with Gasteiger partial charge in [-0.15, -0.1) is 0 Å². The summed E-state index contributed by atoms with van der Waals surface area (Å²) in [6.07, 6.45) is 1.08. The average molecular weight is 443 g/mol. The minimum Gasteiger partial charge on any atom is -0.372 e. The van der Waals surface area contributed by atoms with Gasteiger partial charge in [-0.3, -0.25) is 9.59 Å². The van der Waals surface area contributed by atoms with Gasteiger partial charge < -0.3 is 15.0 Å². The minimum atomic E-state index is -0.297. The van der Waals surface area contributed by atoms with Crippen LogP contribution in [0.3, 0.4) is 0 Å². The Morgan fingerprint density at radius 1 is 0.848 bits per heavy atom. The molecule has 0 aromatic heterocycles. The highest BCUT2D eigenvalue weighted by Crippen LogP contribution is 2.19. The zero-order chi connectivity index (χ0) is 22.9. The molecule has 1 saturated heterocycles. The number of hydrogen-bond donors (Lipinski definition) is 1. The summed E-state index contributed by atoms with van der Waals surface area (Å²) in [5, 5.41) is 3.03. The molecule has 170 valence electrons. The lowest BCUT2D eigenvalue weighted by Gasteiger charge is -2.17. The fourth-order valence-electron chi connectivity index (χ4n) is 4.12. The van der Waals surface area contributed by atoms with Gasteiger partial charge in [0.25, 0.3) is 0 Å². The molecule has 1 aliphatic heterocycles. The van der Waals surface area contributed by atoms with Crippen LogP contribution >= 0.6 is 0 Å². The number of rotatable bonds is 10. The fourth-order valence-corrected chi connectivity index (χ4v) is 4.12. The van der Waals surface area contributed by atoms with E-state index in [1.165, 1.54) is 5.56 Å². The zero-order valence-electron chi connectivity index (χ0n) is 18.8. The Morgan fingerprint density at radius 2 is 1.48 bits per heavy atom. The number of nitrogens with zero attached hydrogens (tertiary/aromatic N) is 1. The fraction of sp³-hybridized carbons (Fsp3) is 0.286. The maximum atomic E-state index is 12.8. The highest BCUT2D eigenvalue weighted by Gasteiger charge is 2.33. The van der Waals surface area contributed by atoms with Crippen molar-refractivity contribution in [2.45, 2.75) is 32.6 Å². The monoisotopic (exact) mass is 442 g/mol. The first-order valence-electron chi connectivity index (χ1n) is 11.5. The molecule has 1 heterocycles. The van der Waals surface area contributed by atoms with Gasteiger partial charge in [-0.25, -0.2) is 0 Å². The summed E-state index contributed by atoms with van der Waals surface area (Å²) in [6, 6.07) is 28.2. The Bertz CT molecular complexity index is 1050. The third-order valence-corrected chi connectivity index (χ3v) is 6.04. The Labute approximate surface area is 195 Å². The lowest BCUT2D eigenvalue weighted by atomic mass is 10.1. The first-order valence-corrected chi connectivity index (χ1v) is 11.5. The summed E-state index contributed by atoms with van der Waals surface area (Å²) in [4.78, 5) is 27.0.